The number of ether oxygens (including phenoxy) is 2. The summed E-state index contributed by atoms with van der Waals surface area (Å²) in [6.45, 7) is 2.40. The minimum Gasteiger partial charge on any atom is -0.493 e. The van der Waals surface area contributed by atoms with E-state index in [-0.39, 0.29) is 6.04 Å². The van der Waals surface area contributed by atoms with Crippen molar-refractivity contribution in [2.75, 3.05) is 7.11 Å². The van der Waals surface area contributed by atoms with Crippen LogP contribution in [0.5, 0.6) is 11.5 Å². The maximum absolute atomic E-state index is 5.81. The van der Waals surface area contributed by atoms with Gasteiger partial charge in [0.1, 0.15) is 6.61 Å². The molecule has 2 aromatic rings. The van der Waals surface area contributed by atoms with Gasteiger partial charge in [0.05, 0.1) is 12.8 Å². The molecule has 0 aliphatic carbocycles. The molecule has 2 rings (SSSR count). The van der Waals surface area contributed by atoms with E-state index in [1.165, 1.54) is 0 Å². The Kier molecular flexibility index (Phi) is 4.63. The lowest BCUT2D eigenvalue weighted by Gasteiger charge is -2.12. The van der Waals surface area contributed by atoms with Crippen LogP contribution in [0.1, 0.15) is 18.2 Å². The van der Waals surface area contributed by atoms with Crippen molar-refractivity contribution in [3.05, 3.63) is 41.7 Å². The van der Waals surface area contributed by atoms with Gasteiger partial charge in [-0.1, -0.05) is 6.07 Å². The second kappa shape index (κ2) is 6.43. The minimum absolute atomic E-state index is 0.125. The Balaban J connectivity index is 2.07. The van der Waals surface area contributed by atoms with Crippen LogP contribution in [-0.4, -0.2) is 22.9 Å². The third kappa shape index (κ3) is 3.74. The van der Waals surface area contributed by atoms with Crippen LogP contribution in [0, 0.1) is 0 Å². The molecule has 1 unspecified atom stereocenters. The van der Waals surface area contributed by atoms with Gasteiger partial charge in [0, 0.05) is 19.3 Å². The number of hydrogen-bond acceptors (Lipinski definition) is 4. The second-order valence-corrected chi connectivity index (χ2v) is 4.94. The third-order valence-electron chi connectivity index (χ3n) is 2.93. The molecule has 0 amide bonds. The van der Waals surface area contributed by atoms with Crippen LogP contribution in [0.4, 0.5) is 0 Å². The summed E-state index contributed by atoms with van der Waals surface area (Å²) in [6.07, 6.45) is 2.71. The zero-order valence-corrected chi connectivity index (χ0v) is 12.2. The fourth-order valence-electron chi connectivity index (χ4n) is 2.02. The first-order chi connectivity index (χ1) is 9.58. The van der Waals surface area contributed by atoms with E-state index >= 15 is 0 Å². The van der Waals surface area contributed by atoms with E-state index in [4.69, 9.17) is 15.2 Å². The third-order valence-corrected chi connectivity index (χ3v) is 2.93. The van der Waals surface area contributed by atoms with Crippen LogP contribution in [0.15, 0.2) is 30.5 Å². The molecule has 0 bridgehead atoms. The van der Waals surface area contributed by atoms with Crippen LogP contribution in [-0.2, 0) is 20.1 Å². The predicted octanol–water partition coefficient (Wildman–Crippen LogP) is 1.90. The van der Waals surface area contributed by atoms with E-state index in [0.717, 1.165) is 23.4 Å². The zero-order valence-electron chi connectivity index (χ0n) is 12.2. The lowest BCUT2D eigenvalue weighted by atomic mass is 10.1. The molecule has 0 saturated heterocycles. The molecule has 0 radical (unpaired) electrons. The van der Waals surface area contributed by atoms with Crippen molar-refractivity contribution in [2.24, 2.45) is 12.8 Å². The SMILES string of the molecule is COc1cc(CC(C)N)ccc1OCc1ccn(C)n1. The summed E-state index contributed by atoms with van der Waals surface area (Å²) in [5.41, 5.74) is 7.83. The fraction of sp³-hybridized carbons (Fsp3) is 0.400. The summed E-state index contributed by atoms with van der Waals surface area (Å²) in [7, 11) is 3.52. The first-order valence-electron chi connectivity index (χ1n) is 6.62. The Morgan fingerprint density at radius 2 is 2.10 bits per heavy atom. The summed E-state index contributed by atoms with van der Waals surface area (Å²) >= 11 is 0. The van der Waals surface area contributed by atoms with Crippen molar-refractivity contribution in [3.63, 3.8) is 0 Å². The number of nitrogens with zero attached hydrogens (tertiary/aromatic N) is 2. The van der Waals surface area contributed by atoms with Gasteiger partial charge < -0.3 is 15.2 Å². The summed E-state index contributed by atoms with van der Waals surface area (Å²) in [6, 6.07) is 7.95. The van der Waals surface area contributed by atoms with Gasteiger partial charge in [-0.15, -0.1) is 0 Å². The molecule has 1 heterocycles. The molecule has 0 spiro atoms. The summed E-state index contributed by atoms with van der Waals surface area (Å²) in [4.78, 5) is 0. The van der Waals surface area contributed by atoms with Crippen molar-refractivity contribution >= 4 is 0 Å². The average Bonchev–Trinajstić information content (AvgIpc) is 2.82. The highest BCUT2D eigenvalue weighted by Crippen LogP contribution is 2.29. The largest absolute Gasteiger partial charge is 0.493 e. The Morgan fingerprint density at radius 3 is 2.70 bits per heavy atom. The Morgan fingerprint density at radius 1 is 1.30 bits per heavy atom. The van der Waals surface area contributed by atoms with Crippen LogP contribution in [0.2, 0.25) is 0 Å². The maximum atomic E-state index is 5.81. The molecule has 2 N–H and O–H groups in total. The predicted molar refractivity (Wildman–Crippen MR) is 77.9 cm³/mol. The molecule has 1 aromatic heterocycles. The summed E-state index contributed by atoms with van der Waals surface area (Å²) in [5, 5.41) is 4.27. The van der Waals surface area contributed by atoms with E-state index in [0.29, 0.717) is 12.4 Å². The topological polar surface area (TPSA) is 62.3 Å². The van der Waals surface area contributed by atoms with Gasteiger partial charge in [0.15, 0.2) is 11.5 Å². The Hall–Kier alpha value is -2.01. The minimum atomic E-state index is 0.125. The highest BCUT2D eigenvalue weighted by atomic mass is 16.5. The van der Waals surface area contributed by atoms with E-state index < -0.39 is 0 Å². The molecule has 0 saturated carbocycles. The molecule has 1 atom stereocenters. The molecular formula is C15H21N3O2. The van der Waals surface area contributed by atoms with Crippen molar-refractivity contribution in [1.82, 2.24) is 9.78 Å². The number of rotatable bonds is 6. The van der Waals surface area contributed by atoms with Gasteiger partial charge in [0.2, 0.25) is 0 Å². The second-order valence-electron chi connectivity index (χ2n) is 4.94. The van der Waals surface area contributed by atoms with E-state index in [1.54, 1.807) is 11.8 Å². The van der Waals surface area contributed by atoms with Crippen molar-refractivity contribution in [3.8, 4) is 11.5 Å². The number of benzene rings is 1. The van der Waals surface area contributed by atoms with Gasteiger partial charge in [-0.25, -0.2) is 0 Å². The zero-order chi connectivity index (χ0) is 14.5. The molecule has 0 aliphatic heterocycles. The van der Waals surface area contributed by atoms with E-state index in [1.807, 2.05) is 44.4 Å². The van der Waals surface area contributed by atoms with E-state index in [2.05, 4.69) is 5.10 Å². The smallest absolute Gasteiger partial charge is 0.161 e. The van der Waals surface area contributed by atoms with Crippen LogP contribution in [0.25, 0.3) is 0 Å². The van der Waals surface area contributed by atoms with Gasteiger partial charge in [-0.3, -0.25) is 4.68 Å². The first kappa shape index (κ1) is 14.4. The normalized spacial score (nSPS) is 12.2. The summed E-state index contributed by atoms with van der Waals surface area (Å²) < 4.78 is 12.9. The van der Waals surface area contributed by atoms with Crippen LogP contribution in [0.3, 0.4) is 0 Å². The van der Waals surface area contributed by atoms with Crippen molar-refractivity contribution < 1.29 is 9.47 Å². The Bertz CT molecular complexity index is 564. The lowest BCUT2D eigenvalue weighted by molar-refractivity contribution is 0.279. The average molecular weight is 275 g/mol. The van der Waals surface area contributed by atoms with Crippen molar-refractivity contribution in [2.45, 2.75) is 26.0 Å². The van der Waals surface area contributed by atoms with E-state index in [9.17, 15) is 0 Å². The van der Waals surface area contributed by atoms with Crippen LogP contribution < -0.4 is 15.2 Å². The van der Waals surface area contributed by atoms with Crippen molar-refractivity contribution in [1.29, 1.82) is 0 Å². The van der Waals surface area contributed by atoms with Gasteiger partial charge in [-0.05, 0) is 37.1 Å². The number of methoxy groups -OCH3 is 1. The van der Waals surface area contributed by atoms with Gasteiger partial charge in [-0.2, -0.15) is 5.10 Å². The number of aryl methyl sites for hydroxylation is 1. The first-order valence-corrected chi connectivity index (χ1v) is 6.62. The van der Waals surface area contributed by atoms with Gasteiger partial charge >= 0.3 is 0 Å². The highest BCUT2D eigenvalue weighted by Gasteiger charge is 2.08. The summed E-state index contributed by atoms with van der Waals surface area (Å²) in [5.74, 6) is 1.44. The number of aromatic nitrogens is 2. The molecule has 0 fully saturated rings. The molecular weight excluding hydrogens is 254 g/mol. The quantitative estimate of drug-likeness (QED) is 0.874. The van der Waals surface area contributed by atoms with Crippen LogP contribution >= 0.6 is 0 Å². The molecule has 5 heteroatoms. The maximum Gasteiger partial charge on any atom is 0.161 e. The molecule has 5 nitrogen and oxygen atoms in total. The lowest BCUT2D eigenvalue weighted by Crippen LogP contribution is -2.17. The standard InChI is InChI=1S/C15H21N3O2/c1-11(16)8-12-4-5-14(15(9-12)19-3)20-10-13-6-7-18(2)17-13/h4-7,9,11H,8,10,16H2,1-3H3. The number of hydrogen-bond donors (Lipinski definition) is 1. The number of nitrogens with two attached hydrogens (primary N) is 1. The van der Waals surface area contributed by atoms with Gasteiger partial charge in [0.25, 0.3) is 0 Å². The molecule has 1 aromatic carbocycles. The molecule has 108 valence electrons. The fourth-order valence-corrected chi connectivity index (χ4v) is 2.02. The monoisotopic (exact) mass is 275 g/mol. The Labute approximate surface area is 119 Å². The molecule has 0 aliphatic rings. The molecule has 20 heavy (non-hydrogen) atoms. The highest BCUT2D eigenvalue weighted by molar-refractivity contribution is 5.43.